The lowest BCUT2D eigenvalue weighted by Crippen LogP contribution is -2.17. The molecule has 3 rings (SSSR count). The number of aryl methyl sites for hydroxylation is 2. The van der Waals surface area contributed by atoms with Crippen LogP contribution in [-0.4, -0.2) is 26.7 Å². The van der Waals surface area contributed by atoms with Gasteiger partial charge in [-0.2, -0.15) is 5.10 Å². The van der Waals surface area contributed by atoms with Gasteiger partial charge in [0.15, 0.2) is 0 Å². The Balaban J connectivity index is 1.66. The van der Waals surface area contributed by atoms with Gasteiger partial charge in [0, 0.05) is 42.3 Å². The van der Waals surface area contributed by atoms with Crippen molar-refractivity contribution in [2.24, 2.45) is 7.05 Å². The summed E-state index contributed by atoms with van der Waals surface area (Å²) in [6.45, 7) is 5.94. The molecule has 0 saturated heterocycles. The largest absolute Gasteiger partial charge is 0.296 e. The van der Waals surface area contributed by atoms with Crippen LogP contribution in [0.3, 0.4) is 0 Å². The van der Waals surface area contributed by atoms with E-state index < -0.39 is 0 Å². The summed E-state index contributed by atoms with van der Waals surface area (Å²) in [5.41, 5.74) is 6.07. The van der Waals surface area contributed by atoms with Crippen LogP contribution < -0.4 is 0 Å². The van der Waals surface area contributed by atoms with Crippen LogP contribution >= 0.6 is 11.3 Å². The predicted molar refractivity (Wildman–Crippen MR) is 95.4 cm³/mol. The van der Waals surface area contributed by atoms with E-state index in [9.17, 15) is 0 Å². The number of rotatable bonds is 5. The molecule has 0 saturated carbocycles. The lowest BCUT2D eigenvalue weighted by Gasteiger charge is -2.14. The highest BCUT2D eigenvalue weighted by molar-refractivity contribution is 7.13. The summed E-state index contributed by atoms with van der Waals surface area (Å²) in [7, 11) is 4.10. The molecule has 0 unspecified atom stereocenters. The van der Waals surface area contributed by atoms with E-state index in [4.69, 9.17) is 4.98 Å². The first-order chi connectivity index (χ1) is 11.0. The van der Waals surface area contributed by atoms with E-state index >= 15 is 0 Å². The van der Waals surface area contributed by atoms with Gasteiger partial charge in [0.05, 0.1) is 11.9 Å². The maximum Gasteiger partial charge on any atom is 0.123 e. The molecule has 0 aliphatic heterocycles. The Hall–Kier alpha value is -1.98. The molecule has 0 spiro atoms. The summed E-state index contributed by atoms with van der Waals surface area (Å²) in [6.07, 6.45) is 1.95. The second kappa shape index (κ2) is 6.64. The molecular weight excluding hydrogens is 304 g/mol. The van der Waals surface area contributed by atoms with Gasteiger partial charge in [-0.15, -0.1) is 11.3 Å². The molecular formula is C18H22N4S. The fraction of sp³-hybridized carbons (Fsp3) is 0.333. The van der Waals surface area contributed by atoms with Crippen LogP contribution in [0.5, 0.6) is 0 Å². The smallest absolute Gasteiger partial charge is 0.123 e. The first-order valence-corrected chi connectivity index (χ1v) is 8.58. The van der Waals surface area contributed by atoms with E-state index in [1.165, 1.54) is 22.4 Å². The predicted octanol–water partition coefficient (Wildman–Crippen LogP) is 3.79. The molecule has 120 valence electrons. The standard InChI is InChI=1S/C18H22N4S/c1-13-5-7-15(8-6-13)18-20-17(12-23-18)11-21(3)10-16-9-19-22(4)14(16)2/h5-9,12H,10-11H2,1-4H3. The van der Waals surface area contributed by atoms with E-state index in [1.54, 1.807) is 11.3 Å². The zero-order chi connectivity index (χ0) is 16.4. The lowest BCUT2D eigenvalue weighted by molar-refractivity contribution is 0.315. The molecule has 0 aliphatic carbocycles. The number of thiazole rings is 1. The highest BCUT2D eigenvalue weighted by Crippen LogP contribution is 2.24. The van der Waals surface area contributed by atoms with E-state index in [1.807, 2.05) is 17.9 Å². The minimum absolute atomic E-state index is 0.844. The fourth-order valence-electron chi connectivity index (χ4n) is 2.53. The molecule has 0 amide bonds. The zero-order valence-corrected chi connectivity index (χ0v) is 14.9. The first-order valence-electron chi connectivity index (χ1n) is 7.70. The third kappa shape index (κ3) is 3.68. The van der Waals surface area contributed by atoms with Gasteiger partial charge in [-0.1, -0.05) is 29.8 Å². The van der Waals surface area contributed by atoms with Crippen LogP contribution in [-0.2, 0) is 20.1 Å². The zero-order valence-electron chi connectivity index (χ0n) is 14.1. The van der Waals surface area contributed by atoms with Gasteiger partial charge in [-0.05, 0) is 20.9 Å². The van der Waals surface area contributed by atoms with Crippen molar-refractivity contribution >= 4 is 11.3 Å². The van der Waals surface area contributed by atoms with Crippen LogP contribution in [0.1, 0.15) is 22.5 Å². The SMILES string of the molecule is Cc1ccc(-c2nc(CN(C)Cc3cnn(C)c3C)cs2)cc1. The summed E-state index contributed by atoms with van der Waals surface area (Å²) in [4.78, 5) is 7.05. The van der Waals surface area contributed by atoms with Crippen LogP contribution in [0.2, 0.25) is 0 Å². The maximum absolute atomic E-state index is 4.78. The average molecular weight is 326 g/mol. The number of hydrogen-bond donors (Lipinski definition) is 0. The van der Waals surface area contributed by atoms with Crippen molar-refractivity contribution in [3.63, 3.8) is 0 Å². The molecule has 1 aromatic carbocycles. The minimum atomic E-state index is 0.844. The molecule has 0 N–H and O–H groups in total. The van der Waals surface area contributed by atoms with Gasteiger partial charge in [-0.3, -0.25) is 9.58 Å². The van der Waals surface area contributed by atoms with Gasteiger partial charge in [0.2, 0.25) is 0 Å². The Bertz CT molecular complexity index is 786. The molecule has 3 aromatic rings. The van der Waals surface area contributed by atoms with Crippen molar-refractivity contribution in [3.05, 3.63) is 58.4 Å². The highest BCUT2D eigenvalue weighted by atomic mass is 32.1. The number of aromatic nitrogens is 3. The second-order valence-electron chi connectivity index (χ2n) is 6.06. The molecule has 4 nitrogen and oxygen atoms in total. The Morgan fingerprint density at radius 1 is 1.13 bits per heavy atom. The van der Waals surface area contributed by atoms with Crippen LogP contribution in [0.25, 0.3) is 10.6 Å². The third-order valence-corrected chi connectivity index (χ3v) is 5.00. The molecule has 0 aliphatic rings. The van der Waals surface area contributed by atoms with Crippen LogP contribution in [0.4, 0.5) is 0 Å². The number of nitrogens with zero attached hydrogens (tertiary/aromatic N) is 4. The van der Waals surface area contributed by atoms with Crippen molar-refractivity contribution in [3.8, 4) is 10.6 Å². The Labute approximate surface area is 141 Å². The Kier molecular flexibility index (Phi) is 4.59. The normalized spacial score (nSPS) is 11.3. The van der Waals surface area contributed by atoms with Crippen molar-refractivity contribution < 1.29 is 0 Å². The summed E-state index contributed by atoms with van der Waals surface area (Å²) < 4.78 is 1.92. The van der Waals surface area contributed by atoms with E-state index in [2.05, 4.69) is 60.5 Å². The molecule has 0 radical (unpaired) electrons. The van der Waals surface area contributed by atoms with Gasteiger partial charge in [0.25, 0.3) is 0 Å². The fourth-order valence-corrected chi connectivity index (χ4v) is 3.35. The molecule has 2 heterocycles. The van der Waals surface area contributed by atoms with Crippen molar-refractivity contribution in [2.75, 3.05) is 7.05 Å². The van der Waals surface area contributed by atoms with Crippen molar-refractivity contribution in [1.82, 2.24) is 19.7 Å². The number of benzene rings is 1. The second-order valence-corrected chi connectivity index (χ2v) is 6.92. The Morgan fingerprint density at radius 3 is 2.52 bits per heavy atom. The van der Waals surface area contributed by atoms with Crippen molar-refractivity contribution in [2.45, 2.75) is 26.9 Å². The quantitative estimate of drug-likeness (QED) is 0.715. The first kappa shape index (κ1) is 15.9. The summed E-state index contributed by atoms with van der Waals surface area (Å²) >= 11 is 1.71. The summed E-state index contributed by atoms with van der Waals surface area (Å²) in [5, 5.41) is 7.55. The van der Waals surface area contributed by atoms with Gasteiger partial charge < -0.3 is 0 Å². The minimum Gasteiger partial charge on any atom is -0.296 e. The molecule has 0 atom stereocenters. The molecule has 2 aromatic heterocycles. The van der Waals surface area contributed by atoms with Crippen LogP contribution in [0, 0.1) is 13.8 Å². The van der Waals surface area contributed by atoms with Gasteiger partial charge >= 0.3 is 0 Å². The van der Waals surface area contributed by atoms with Gasteiger partial charge in [-0.25, -0.2) is 4.98 Å². The van der Waals surface area contributed by atoms with E-state index in [0.717, 1.165) is 23.8 Å². The number of hydrogen-bond acceptors (Lipinski definition) is 4. The topological polar surface area (TPSA) is 34.0 Å². The highest BCUT2D eigenvalue weighted by Gasteiger charge is 2.10. The third-order valence-electron chi connectivity index (χ3n) is 4.06. The monoisotopic (exact) mass is 326 g/mol. The van der Waals surface area contributed by atoms with Crippen molar-refractivity contribution in [1.29, 1.82) is 0 Å². The van der Waals surface area contributed by atoms with E-state index in [0.29, 0.717) is 0 Å². The summed E-state index contributed by atoms with van der Waals surface area (Å²) in [5.74, 6) is 0. The molecule has 0 bridgehead atoms. The molecule has 23 heavy (non-hydrogen) atoms. The Morgan fingerprint density at radius 2 is 1.87 bits per heavy atom. The van der Waals surface area contributed by atoms with Gasteiger partial charge in [0.1, 0.15) is 5.01 Å². The van der Waals surface area contributed by atoms with Crippen LogP contribution in [0.15, 0.2) is 35.8 Å². The average Bonchev–Trinajstić information content (AvgIpc) is 3.10. The summed E-state index contributed by atoms with van der Waals surface area (Å²) in [6, 6.07) is 8.54. The molecule has 0 fully saturated rings. The van der Waals surface area contributed by atoms with E-state index in [-0.39, 0.29) is 0 Å². The maximum atomic E-state index is 4.78. The lowest BCUT2D eigenvalue weighted by atomic mass is 10.2. The molecule has 5 heteroatoms.